The average molecular weight is 467 g/mol. The quantitative estimate of drug-likeness (QED) is 0.216. The molecule has 2 unspecified atom stereocenters. The first-order chi connectivity index (χ1) is 15.3. The van der Waals surface area contributed by atoms with Crippen LogP contribution < -0.4 is 10.4 Å². The van der Waals surface area contributed by atoms with Gasteiger partial charge in [0.25, 0.3) is 0 Å². The van der Waals surface area contributed by atoms with Crippen LogP contribution in [-0.2, 0) is 22.3 Å². The number of epoxide rings is 2. The maximum Gasteiger partial charge on any atom is 0.0850 e. The number of hydrogen-bond donors (Lipinski definition) is 0. The molecule has 0 bridgehead atoms. The first-order valence-electron chi connectivity index (χ1n) is 12.7. The lowest BCUT2D eigenvalue weighted by Gasteiger charge is -2.25. The van der Waals surface area contributed by atoms with E-state index in [9.17, 15) is 0 Å². The summed E-state index contributed by atoms with van der Waals surface area (Å²) >= 11 is 0. The molecular formula is C28H42O2Si2. The molecule has 4 heteroatoms. The van der Waals surface area contributed by atoms with Crippen LogP contribution in [0, 0.1) is 0 Å². The number of benzene rings is 2. The summed E-state index contributed by atoms with van der Waals surface area (Å²) in [6.07, 6.45) is 8.69. The second kappa shape index (κ2) is 10.4. The Morgan fingerprint density at radius 3 is 1.44 bits per heavy atom. The van der Waals surface area contributed by atoms with E-state index in [1.54, 1.807) is 10.4 Å². The van der Waals surface area contributed by atoms with E-state index in [4.69, 9.17) is 9.47 Å². The summed E-state index contributed by atoms with van der Waals surface area (Å²) < 4.78 is 10.8. The second-order valence-corrected chi connectivity index (χ2v) is 21.1. The lowest BCUT2D eigenvalue weighted by Crippen LogP contribution is -2.41. The molecule has 0 spiro atoms. The van der Waals surface area contributed by atoms with Gasteiger partial charge in [-0.2, -0.15) is 0 Å². The van der Waals surface area contributed by atoms with Crippen molar-refractivity contribution in [2.24, 2.45) is 0 Å². The minimum atomic E-state index is -1.35. The zero-order valence-corrected chi connectivity index (χ0v) is 22.7. The fraction of sp³-hybridized carbons (Fsp3) is 0.571. The Kier molecular flexibility index (Phi) is 7.76. The topological polar surface area (TPSA) is 25.1 Å². The van der Waals surface area contributed by atoms with Gasteiger partial charge in [-0.15, -0.1) is 0 Å². The summed E-state index contributed by atoms with van der Waals surface area (Å²) in [7, 11) is -2.70. The Balaban J connectivity index is 1.18. The van der Waals surface area contributed by atoms with Crippen molar-refractivity contribution in [3.63, 3.8) is 0 Å². The summed E-state index contributed by atoms with van der Waals surface area (Å²) in [5.41, 5.74) is 2.93. The van der Waals surface area contributed by atoms with Crippen LogP contribution in [0.4, 0.5) is 0 Å². The van der Waals surface area contributed by atoms with E-state index in [2.05, 4.69) is 74.7 Å². The molecule has 0 amide bonds. The van der Waals surface area contributed by atoms with Gasteiger partial charge >= 0.3 is 0 Å². The minimum Gasteiger partial charge on any atom is -0.373 e. The van der Waals surface area contributed by atoms with Crippen molar-refractivity contribution in [2.75, 3.05) is 13.2 Å². The maximum atomic E-state index is 5.42. The smallest absolute Gasteiger partial charge is 0.0850 e. The molecule has 2 nitrogen and oxygen atoms in total. The van der Waals surface area contributed by atoms with Crippen LogP contribution in [0.3, 0.4) is 0 Å². The van der Waals surface area contributed by atoms with Crippen LogP contribution in [0.1, 0.15) is 36.8 Å². The van der Waals surface area contributed by atoms with Crippen molar-refractivity contribution in [2.45, 2.75) is 89.0 Å². The third kappa shape index (κ3) is 7.15. The van der Waals surface area contributed by atoms with Gasteiger partial charge in [-0.1, -0.05) is 123 Å². The number of ether oxygens (including phenoxy) is 2. The highest BCUT2D eigenvalue weighted by molar-refractivity contribution is 6.90. The molecule has 2 fully saturated rings. The minimum absolute atomic E-state index is 0.484. The highest BCUT2D eigenvalue weighted by Crippen LogP contribution is 2.22. The van der Waals surface area contributed by atoms with Crippen LogP contribution in [-0.4, -0.2) is 41.6 Å². The molecular weight excluding hydrogens is 424 g/mol. The molecule has 2 aliphatic rings. The molecule has 4 rings (SSSR count). The molecule has 0 aromatic heterocycles. The lowest BCUT2D eigenvalue weighted by molar-refractivity contribution is 0.407. The van der Waals surface area contributed by atoms with E-state index >= 15 is 0 Å². The standard InChI is InChI=1S/C28H42O2Si2/c1-31(2,27-13-9-11-23(19-27)17-25-21-29-25)15-7-5-6-8-16-32(3,4)28-14-10-12-24(20-28)18-26-22-30-26/h9-14,19-20,25-26H,5-8,15-18,21-22H2,1-4H3. The summed E-state index contributed by atoms with van der Waals surface area (Å²) in [6.45, 7) is 12.1. The van der Waals surface area contributed by atoms with Gasteiger partial charge in [0.2, 0.25) is 0 Å². The van der Waals surface area contributed by atoms with Gasteiger partial charge in [0.05, 0.1) is 41.6 Å². The highest BCUT2D eigenvalue weighted by Gasteiger charge is 2.27. The van der Waals surface area contributed by atoms with E-state index in [0.717, 1.165) is 26.1 Å². The van der Waals surface area contributed by atoms with E-state index in [1.165, 1.54) is 48.9 Å². The molecule has 0 aliphatic carbocycles. The fourth-order valence-electron chi connectivity index (χ4n) is 4.91. The van der Waals surface area contributed by atoms with Crippen molar-refractivity contribution in [3.05, 3.63) is 59.7 Å². The van der Waals surface area contributed by atoms with Gasteiger partial charge in [0.15, 0.2) is 0 Å². The SMILES string of the molecule is C[Si](C)(CCCCCC[Si](C)(C)c1cccc(CC2CO2)c1)c1cccc(CC2CO2)c1. The van der Waals surface area contributed by atoms with Crippen LogP contribution in [0.2, 0.25) is 38.3 Å². The van der Waals surface area contributed by atoms with Gasteiger partial charge in [-0.05, 0) is 11.1 Å². The van der Waals surface area contributed by atoms with Gasteiger partial charge in [-0.25, -0.2) is 0 Å². The molecule has 2 aromatic carbocycles. The Labute approximate surface area is 197 Å². The summed E-state index contributed by atoms with van der Waals surface area (Å²) in [5, 5.41) is 3.25. The molecule has 32 heavy (non-hydrogen) atoms. The van der Waals surface area contributed by atoms with Crippen molar-refractivity contribution < 1.29 is 9.47 Å². The molecule has 2 aromatic rings. The molecule has 2 atom stereocenters. The average Bonchev–Trinajstić information content (AvgIpc) is 3.69. The first kappa shape index (κ1) is 23.9. The number of hydrogen-bond acceptors (Lipinski definition) is 2. The van der Waals surface area contributed by atoms with Gasteiger partial charge in [0.1, 0.15) is 0 Å². The fourth-order valence-corrected chi connectivity index (χ4v) is 10.0. The van der Waals surface area contributed by atoms with Crippen LogP contribution in [0.15, 0.2) is 48.5 Å². The van der Waals surface area contributed by atoms with Crippen molar-refractivity contribution in [1.29, 1.82) is 0 Å². The van der Waals surface area contributed by atoms with Crippen molar-refractivity contribution in [3.8, 4) is 0 Å². The molecule has 2 heterocycles. The third-order valence-corrected chi connectivity index (χ3v) is 14.5. The van der Waals surface area contributed by atoms with Gasteiger partial charge in [-0.3, -0.25) is 0 Å². The van der Waals surface area contributed by atoms with Crippen LogP contribution in [0.25, 0.3) is 0 Å². The summed E-state index contributed by atoms with van der Waals surface area (Å²) in [5.74, 6) is 0. The van der Waals surface area contributed by atoms with Gasteiger partial charge in [0, 0.05) is 12.8 Å². The molecule has 2 saturated heterocycles. The second-order valence-electron chi connectivity index (χ2n) is 11.4. The van der Waals surface area contributed by atoms with E-state index in [1.807, 2.05) is 0 Å². The van der Waals surface area contributed by atoms with E-state index in [-0.39, 0.29) is 0 Å². The predicted octanol–water partition coefficient (Wildman–Crippen LogP) is 5.66. The Morgan fingerprint density at radius 1 is 0.656 bits per heavy atom. The zero-order valence-electron chi connectivity index (χ0n) is 20.7. The molecule has 2 aliphatic heterocycles. The largest absolute Gasteiger partial charge is 0.373 e. The predicted molar refractivity (Wildman–Crippen MR) is 142 cm³/mol. The molecule has 0 radical (unpaired) electrons. The summed E-state index contributed by atoms with van der Waals surface area (Å²) in [6, 6.07) is 21.6. The zero-order chi connectivity index (χ0) is 22.6. The lowest BCUT2D eigenvalue weighted by atomic mass is 10.1. The Hall–Kier alpha value is -1.21. The van der Waals surface area contributed by atoms with Gasteiger partial charge < -0.3 is 9.47 Å². The van der Waals surface area contributed by atoms with Crippen LogP contribution >= 0.6 is 0 Å². The van der Waals surface area contributed by atoms with Crippen molar-refractivity contribution in [1.82, 2.24) is 0 Å². The normalized spacial score (nSPS) is 20.4. The Bertz CT molecular complexity index is 811. The van der Waals surface area contributed by atoms with Crippen molar-refractivity contribution >= 4 is 26.5 Å². The van der Waals surface area contributed by atoms with E-state index < -0.39 is 16.1 Å². The third-order valence-electron chi connectivity index (χ3n) is 7.50. The van der Waals surface area contributed by atoms with E-state index in [0.29, 0.717) is 12.2 Å². The highest BCUT2D eigenvalue weighted by atomic mass is 28.3. The monoisotopic (exact) mass is 466 g/mol. The maximum absolute atomic E-state index is 5.42. The number of rotatable bonds is 13. The number of unbranched alkanes of at least 4 members (excludes halogenated alkanes) is 3. The molecule has 174 valence electrons. The Morgan fingerprint density at radius 2 is 1.06 bits per heavy atom. The molecule has 0 N–H and O–H groups in total. The summed E-state index contributed by atoms with van der Waals surface area (Å²) in [4.78, 5) is 0. The first-order valence-corrected chi connectivity index (χ1v) is 19.2. The molecule has 0 saturated carbocycles. The van der Waals surface area contributed by atoms with Crippen LogP contribution in [0.5, 0.6) is 0 Å².